The summed E-state index contributed by atoms with van der Waals surface area (Å²) in [6.45, 7) is 10.6. The van der Waals surface area contributed by atoms with Gasteiger partial charge in [0.15, 0.2) is 0 Å². The van der Waals surface area contributed by atoms with E-state index in [1.165, 1.54) is 12.8 Å². The number of H-pyrrole nitrogens is 1. The van der Waals surface area contributed by atoms with Crippen LogP contribution in [-0.2, 0) is 11.2 Å². The van der Waals surface area contributed by atoms with Gasteiger partial charge in [0.2, 0.25) is 5.91 Å². The van der Waals surface area contributed by atoms with Crippen LogP contribution in [0.1, 0.15) is 68.8 Å². The number of nitriles is 1. The van der Waals surface area contributed by atoms with Gasteiger partial charge < -0.3 is 10.3 Å². The van der Waals surface area contributed by atoms with Crippen molar-refractivity contribution in [3.05, 3.63) is 32.7 Å². The molecule has 5 heteroatoms. The second kappa shape index (κ2) is 6.26. The molecule has 2 aliphatic rings. The van der Waals surface area contributed by atoms with E-state index in [1.54, 1.807) is 6.92 Å². The third-order valence-corrected chi connectivity index (χ3v) is 7.65. The molecule has 1 amide bonds. The lowest BCUT2D eigenvalue weighted by Gasteiger charge is -2.39. The minimum absolute atomic E-state index is 0.0584. The number of carbonyl (C=O) groups excluding carboxylic acids is 1. The summed E-state index contributed by atoms with van der Waals surface area (Å²) in [4.78, 5) is 27.1. The Balaban J connectivity index is 1.68. The van der Waals surface area contributed by atoms with Crippen LogP contribution in [0.25, 0.3) is 0 Å². The van der Waals surface area contributed by atoms with Crippen molar-refractivity contribution >= 4 is 5.91 Å². The van der Waals surface area contributed by atoms with Gasteiger partial charge in [-0.2, -0.15) is 5.26 Å². The van der Waals surface area contributed by atoms with Crippen LogP contribution >= 0.6 is 0 Å². The van der Waals surface area contributed by atoms with Crippen molar-refractivity contribution < 1.29 is 4.79 Å². The largest absolute Gasteiger partial charge is 0.353 e. The van der Waals surface area contributed by atoms with Crippen molar-refractivity contribution in [2.75, 3.05) is 0 Å². The van der Waals surface area contributed by atoms with Crippen molar-refractivity contribution in [3.8, 4) is 6.07 Å². The second-order valence-corrected chi connectivity index (χ2v) is 8.90. The Morgan fingerprint density at radius 3 is 2.58 bits per heavy atom. The summed E-state index contributed by atoms with van der Waals surface area (Å²) in [5.74, 6) is 0.753. The summed E-state index contributed by atoms with van der Waals surface area (Å²) in [7, 11) is 0. The van der Waals surface area contributed by atoms with Crippen molar-refractivity contribution in [2.24, 2.45) is 16.7 Å². The standard InChI is InChI=1S/C21H29N3O2/c1-12-15(13(2)23-19(26)16(12)11-22)6-7-18(25)24-17-10-14-8-9-21(17,5)20(14,3)4/h14,17H,6-10H2,1-5H3,(H,23,26)(H,24,25). The van der Waals surface area contributed by atoms with Gasteiger partial charge in [-0.05, 0) is 67.4 Å². The first kappa shape index (κ1) is 18.7. The van der Waals surface area contributed by atoms with E-state index in [-0.39, 0.29) is 33.9 Å². The van der Waals surface area contributed by atoms with Gasteiger partial charge in [-0.25, -0.2) is 0 Å². The number of aryl methyl sites for hydroxylation is 1. The molecule has 1 aromatic rings. The number of nitrogens with one attached hydrogen (secondary N) is 2. The molecule has 26 heavy (non-hydrogen) atoms. The van der Waals surface area contributed by atoms with Gasteiger partial charge in [0, 0.05) is 18.2 Å². The van der Waals surface area contributed by atoms with Crippen molar-refractivity contribution in [1.29, 1.82) is 5.26 Å². The molecule has 2 saturated carbocycles. The molecule has 0 aromatic carbocycles. The number of aromatic nitrogens is 1. The zero-order valence-electron chi connectivity index (χ0n) is 16.5. The Labute approximate surface area is 155 Å². The van der Waals surface area contributed by atoms with Crippen molar-refractivity contribution in [2.45, 2.75) is 72.8 Å². The van der Waals surface area contributed by atoms with E-state index in [1.807, 2.05) is 13.0 Å². The summed E-state index contributed by atoms with van der Waals surface area (Å²) in [5, 5.41) is 12.5. The number of rotatable bonds is 4. The van der Waals surface area contributed by atoms with Gasteiger partial charge in [0.25, 0.3) is 5.56 Å². The fraction of sp³-hybridized carbons (Fsp3) is 0.667. The van der Waals surface area contributed by atoms with Crippen LogP contribution in [0, 0.1) is 41.9 Å². The second-order valence-electron chi connectivity index (χ2n) is 8.90. The van der Waals surface area contributed by atoms with Crippen LogP contribution in [0.3, 0.4) is 0 Å². The monoisotopic (exact) mass is 355 g/mol. The topological polar surface area (TPSA) is 85.8 Å². The summed E-state index contributed by atoms with van der Waals surface area (Å²) >= 11 is 0. The molecule has 2 N–H and O–H groups in total. The van der Waals surface area contributed by atoms with Crippen molar-refractivity contribution in [1.82, 2.24) is 10.3 Å². The molecule has 0 saturated heterocycles. The third-order valence-electron chi connectivity index (χ3n) is 7.65. The predicted molar refractivity (Wildman–Crippen MR) is 101 cm³/mol. The van der Waals surface area contributed by atoms with Gasteiger partial charge >= 0.3 is 0 Å². The first-order valence-corrected chi connectivity index (χ1v) is 9.53. The van der Waals surface area contributed by atoms with E-state index in [9.17, 15) is 14.9 Å². The number of amides is 1. The molecule has 3 rings (SSSR count). The summed E-state index contributed by atoms with van der Waals surface area (Å²) in [5.41, 5.74) is 2.57. The normalized spacial score (nSPS) is 28.8. The zero-order chi connectivity index (χ0) is 19.3. The number of fused-ring (bicyclic) bond motifs is 2. The Morgan fingerprint density at radius 1 is 1.35 bits per heavy atom. The van der Waals surface area contributed by atoms with E-state index < -0.39 is 0 Å². The molecule has 0 aliphatic heterocycles. The molecule has 3 atom stereocenters. The summed E-state index contributed by atoms with van der Waals surface area (Å²) < 4.78 is 0. The quantitative estimate of drug-likeness (QED) is 0.870. The highest BCUT2D eigenvalue weighted by Gasteiger charge is 2.61. The Kier molecular flexibility index (Phi) is 4.50. The average molecular weight is 355 g/mol. The minimum Gasteiger partial charge on any atom is -0.353 e. The van der Waals surface area contributed by atoms with Gasteiger partial charge in [0.1, 0.15) is 11.6 Å². The van der Waals surface area contributed by atoms with E-state index in [0.29, 0.717) is 24.3 Å². The van der Waals surface area contributed by atoms with Gasteiger partial charge in [-0.15, -0.1) is 0 Å². The van der Waals surface area contributed by atoms with E-state index in [0.717, 1.165) is 17.7 Å². The number of nitrogens with zero attached hydrogens (tertiary/aromatic N) is 1. The highest BCUT2D eigenvalue weighted by Crippen LogP contribution is 2.65. The van der Waals surface area contributed by atoms with E-state index in [4.69, 9.17) is 0 Å². The summed E-state index contributed by atoms with van der Waals surface area (Å²) in [6.07, 6.45) is 4.42. The van der Waals surface area contributed by atoms with Crippen LogP contribution in [0.2, 0.25) is 0 Å². The zero-order valence-corrected chi connectivity index (χ0v) is 16.5. The molecular formula is C21H29N3O2. The van der Waals surface area contributed by atoms with E-state index in [2.05, 4.69) is 31.1 Å². The van der Waals surface area contributed by atoms with Gasteiger partial charge in [0.05, 0.1) is 0 Å². The Morgan fingerprint density at radius 2 is 2.04 bits per heavy atom. The van der Waals surface area contributed by atoms with Crippen LogP contribution in [-0.4, -0.2) is 16.9 Å². The van der Waals surface area contributed by atoms with Crippen LogP contribution in [0.15, 0.2) is 4.79 Å². The fourth-order valence-electron chi connectivity index (χ4n) is 5.35. The van der Waals surface area contributed by atoms with E-state index >= 15 is 0 Å². The fourth-order valence-corrected chi connectivity index (χ4v) is 5.35. The van der Waals surface area contributed by atoms with Crippen LogP contribution < -0.4 is 10.9 Å². The van der Waals surface area contributed by atoms with Gasteiger partial charge in [-0.3, -0.25) is 9.59 Å². The molecule has 2 aliphatic carbocycles. The Hall–Kier alpha value is -2.09. The first-order chi connectivity index (χ1) is 12.1. The van der Waals surface area contributed by atoms with Gasteiger partial charge in [-0.1, -0.05) is 20.8 Å². The molecular weight excluding hydrogens is 326 g/mol. The van der Waals surface area contributed by atoms with Crippen LogP contribution in [0.4, 0.5) is 0 Å². The average Bonchev–Trinajstić information content (AvgIpc) is 2.88. The molecule has 1 heterocycles. The number of pyridine rings is 1. The number of carbonyl (C=O) groups is 1. The Bertz CT molecular complexity index is 846. The third kappa shape index (κ3) is 2.67. The SMILES string of the molecule is Cc1[nH]c(=O)c(C#N)c(C)c1CCC(=O)NC1CC2CCC1(C)C2(C)C. The van der Waals surface area contributed by atoms with Crippen LogP contribution in [0.5, 0.6) is 0 Å². The maximum Gasteiger partial charge on any atom is 0.266 e. The minimum atomic E-state index is -0.354. The number of aromatic amines is 1. The number of hydrogen-bond acceptors (Lipinski definition) is 3. The van der Waals surface area contributed by atoms with Crippen molar-refractivity contribution in [3.63, 3.8) is 0 Å². The molecule has 0 radical (unpaired) electrons. The lowest BCUT2D eigenvalue weighted by Crippen LogP contribution is -2.46. The highest BCUT2D eigenvalue weighted by atomic mass is 16.1. The maximum absolute atomic E-state index is 12.6. The molecule has 1 aromatic heterocycles. The smallest absolute Gasteiger partial charge is 0.266 e. The summed E-state index contributed by atoms with van der Waals surface area (Å²) in [6, 6.07) is 2.21. The molecule has 0 spiro atoms. The maximum atomic E-state index is 12.6. The predicted octanol–water partition coefficient (Wildman–Crippen LogP) is 3.13. The highest BCUT2D eigenvalue weighted by molar-refractivity contribution is 5.77. The lowest BCUT2D eigenvalue weighted by molar-refractivity contribution is -0.122. The first-order valence-electron chi connectivity index (χ1n) is 9.53. The molecule has 5 nitrogen and oxygen atoms in total. The molecule has 3 unspecified atom stereocenters. The molecule has 2 fully saturated rings. The molecule has 140 valence electrons. The molecule has 2 bridgehead atoms. The number of hydrogen-bond donors (Lipinski definition) is 2. The lowest BCUT2D eigenvalue weighted by atomic mass is 9.69.